The lowest BCUT2D eigenvalue weighted by Crippen LogP contribution is -2.45. The second kappa shape index (κ2) is 6.10. The first kappa shape index (κ1) is 15.3. The van der Waals surface area contributed by atoms with E-state index in [1.165, 1.54) is 0 Å². The molecule has 112 valence electrons. The zero-order chi connectivity index (χ0) is 15.5. The molecule has 3 N–H and O–H groups in total. The van der Waals surface area contributed by atoms with Crippen LogP contribution >= 0.6 is 0 Å². The Hall–Kier alpha value is -2.14. The van der Waals surface area contributed by atoms with Gasteiger partial charge in [-0.05, 0) is 29.2 Å². The van der Waals surface area contributed by atoms with Gasteiger partial charge in [0.05, 0.1) is 12.6 Å². The van der Waals surface area contributed by atoms with Gasteiger partial charge in [0.2, 0.25) is 5.91 Å². The van der Waals surface area contributed by atoms with Gasteiger partial charge in [0.25, 0.3) is 0 Å². The molecular weight excluding hydrogens is 264 g/mol. The summed E-state index contributed by atoms with van der Waals surface area (Å²) in [5.41, 5.74) is 7.52. The highest BCUT2D eigenvalue weighted by Gasteiger charge is 2.27. The Morgan fingerprint density at radius 2 is 2.14 bits per heavy atom. The quantitative estimate of drug-likeness (QED) is 0.905. The number of nitrogens with zero attached hydrogens (tertiary/aromatic N) is 2. The number of benzene rings is 1. The third kappa shape index (κ3) is 4.16. The Balaban J connectivity index is 2.06. The van der Waals surface area contributed by atoms with E-state index in [2.05, 4.69) is 10.4 Å². The molecule has 0 aliphatic heterocycles. The van der Waals surface area contributed by atoms with Crippen LogP contribution in [0.1, 0.15) is 26.3 Å². The molecule has 0 aliphatic rings. The molecule has 21 heavy (non-hydrogen) atoms. The third-order valence-corrected chi connectivity index (χ3v) is 3.31. The van der Waals surface area contributed by atoms with E-state index < -0.39 is 6.04 Å². The van der Waals surface area contributed by atoms with E-state index in [1.54, 1.807) is 6.20 Å². The van der Waals surface area contributed by atoms with Gasteiger partial charge in [0.15, 0.2) is 0 Å². The molecule has 0 saturated carbocycles. The maximum Gasteiger partial charge on any atom is 0.241 e. The van der Waals surface area contributed by atoms with Crippen molar-refractivity contribution in [3.8, 4) is 0 Å². The van der Waals surface area contributed by atoms with E-state index in [4.69, 9.17) is 5.73 Å². The number of anilines is 1. The molecule has 0 saturated heterocycles. The van der Waals surface area contributed by atoms with Crippen LogP contribution in [0.3, 0.4) is 0 Å². The van der Waals surface area contributed by atoms with Crippen molar-refractivity contribution in [3.63, 3.8) is 0 Å². The fourth-order valence-electron chi connectivity index (χ4n) is 1.94. The fourth-order valence-corrected chi connectivity index (χ4v) is 1.94. The molecule has 1 aromatic carbocycles. The van der Waals surface area contributed by atoms with E-state index in [0.29, 0.717) is 6.54 Å². The minimum Gasteiger partial charge on any atom is -0.325 e. The van der Waals surface area contributed by atoms with Crippen molar-refractivity contribution in [2.24, 2.45) is 11.1 Å². The smallest absolute Gasteiger partial charge is 0.241 e. The van der Waals surface area contributed by atoms with E-state index in [0.717, 1.165) is 11.3 Å². The largest absolute Gasteiger partial charge is 0.325 e. The molecule has 1 amide bonds. The van der Waals surface area contributed by atoms with Crippen LogP contribution in [0.4, 0.5) is 5.69 Å². The summed E-state index contributed by atoms with van der Waals surface area (Å²) in [6.07, 6.45) is 3.65. The van der Waals surface area contributed by atoms with Gasteiger partial charge in [0.1, 0.15) is 0 Å². The first-order valence-electron chi connectivity index (χ1n) is 6.99. The molecule has 1 heterocycles. The molecule has 1 atom stereocenters. The molecular formula is C16H22N4O. The van der Waals surface area contributed by atoms with Gasteiger partial charge in [-0.3, -0.25) is 9.48 Å². The van der Waals surface area contributed by atoms with Crippen molar-refractivity contribution < 1.29 is 4.79 Å². The fraction of sp³-hybridized carbons (Fsp3) is 0.375. The predicted octanol–water partition coefficient (Wildman–Crippen LogP) is 2.24. The topological polar surface area (TPSA) is 72.9 Å². The number of nitrogens with two attached hydrogens (primary N) is 1. The predicted molar refractivity (Wildman–Crippen MR) is 83.8 cm³/mol. The summed E-state index contributed by atoms with van der Waals surface area (Å²) in [4.78, 5) is 12.1. The lowest BCUT2D eigenvalue weighted by molar-refractivity contribution is -0.119. The summed E-state index contributed by atoms with van der Waals surface area (Å²) in [5, 5.41) is 7.05. The van der Waals surface area contributed by atoms with Crippen molar-refractivity contribution in [1.29, 1.82) is 0 Å². The number of amides is 1. The summed E-state index contributed by atoms with van der Waals surface area (Å²) < 4.78 is 1.84. The Kier molecular flexibility index (Phi) is 4.43. The Morgan fingerprint density at radius 3 is 2.76 bits per heavy atom. The maximum absolute atomic E-state index is 12.1. The highest BCUT2D eigenvalue weighted by Crippen LogP contribution is 2.19. The summed E-state index contributed by atoms with van der Waals surface area (Å²) >= 11 is 0. The molecule has 5 heteroatoms. The molecule has 2 rings (SSSR count). The molecule has 0 spiro atoms. The zero-order valence-electron chi connectivity index (χ0n) is 12.7. The highest BCUT2D eigenvalue weighted by molar-refractivity contribution is 5.95. The minimum atomic E-state index is -0.549. The zero-order valence-corrected chi connectivity index (χ0v) is 12.7. The van der Waals surface area contributed by atoms with Crippen LogP contribution in [0, 0.1) is 5.41 Å². The van der Waals surface area contributed by atoms with Crippen LogP contribution in [0.5, 0.6) is 0 Å². The number of hydrogen-bond acceptors (Lipinski definition) is 3. The summed E-state index contributed by atoms with van der Waals surface area (Å²) in [7, 11) is 0. The Morgan fingerprint density at radius 1 is 1.38 bits per heavy atom. The molecule has 5 nitrogen and oxygen atoms in total. The number of rotatable bonds is 4. The number of carbonyl (C=O) groups excluding carboxylic acids is 1. The number of nitrogens with one attached hydrogen (secondary N) is 1. The van der Waals surface area contributed by atoms with E-state index in [9.17, 15) is 4.79 Å². The van der Waals surface area contributed by atoms with Crippen molar-refractivity contribution in [3.05, 3.63) is 48.3 Å². The van der Waals surface area contributed by atoms with Gasteiger partial charge >= 0.3 is 0 Å². The molecule has 0 bridgehead atoms. The van der Waals surface area contributed by atoms with Crippen molar-refractivity contribution in [2.45, 2.75) is 33.4 Å². The SMILES string of the molecule is CC(C)(C)[C@@H](N)C(=O)Nc1cccc(Cn2cccn2)c1. The standard InChI is InChI=1S/C16H22N4O/c1-16(2,3)14(17)15(21)19-13-7-4-6-12(10-13)11-20-9-5-8-18-20/h4-10,14H,11,17H2,1-3H3,(H,19,21)/t14-/m0/s1. The molecule has 1 aromatic heterocycles. The number of hydrogen-bond donors (Lipinski definition) is 2. The van der Waals surface area contributed by atoms with E-state index in [-0.39, 0.29) is 11.3 Å². The van der Waals surface area contributed by atoms with Gasteiger partial charge in [-0.2, -0.15) is 5.10 Å². The van der Waals surface area contributed by atoms with Crippen LogP contribution in [0.15, 0.2) is 42.7 Å². The molecule has 0 fully saturated rings. The van der Waals surface area contributed by atoms with Crippen molar-refractivity contribution in [2.75, 3.05) is 5.32 Å². The van der Waals surface area contributed by atoms with Gasteiger partial charge in [-0.25, -0.2) is 0 Å². The second-order valence-corrected chi connectivity index (χ2v) is 6.24. The van der Waals surface area contributed by atoms with Crippen LogP contribution in [0.25, 0.3) is 0 Å². The Labute approximate surface area is 125 Å². The van der Waals surface area contributed by atoms with Crippen LogP contribution in [-0.4, -0.2) is 21.7 Å². The molecule has 0 unspecified atom stereocenters. The average molecular weight is 286 g/mol. The van der Waals surface area contributed by atoms with Crippen molar-refractivity contribution in [1.82, 2.24) is 9.78 Å². The molecule has 2 aromatic rings. The first-order chi connectivity index (χ1) is 9.86. The maximum atomic E-state index is 12.1. The third-order valence-electron chi connectivity index (χ3n) is 3.31. The molecule has 0 radical (unpaired) electrons. The summed E-state index contributed by atoms with van der Waals surface area (Å²) in [6, 6.07) is 9.05. The van der Waals surface area contributed by atoms with Gasteiger partial charge in [-0.1, -0.05) is 32.9 Å². The average Bonchev–Trinajstić information content (AvgIpc) is 2.90. The van der Waals surface area contributed by atoms with Gasteiger partial charge in [0, 0.05) is 18.1 Å². The summed E-state index contributed by atoms with van der Waals surface area (Å²) in [6.45, 7) is 6.52. The van der Waals surface area contributed by atoms with Crippen molar-refractivity contribution >= 4 is 11.6 Å². The number of carbonyl (C=O) groups is 1. The van der Waals surface area contributed by atoms with Crippen LogP contribution < -0.4 is 11.1 Å². The molecule has 0 aliphatic carbocycles. The summed E-state index contributed by atoms with van der Waals surface area (Å²) in [5.74, 6) is -0.168. The highest BCUT2D eigenvalue weighted by atomic mass is 16.2. The van der Waals surface area contributed by atoms with Gasteiger partial charge < -0.3 is 11.1 Å². The van der Waals surface area contributed by atoms with Crippen LogP contribution in [-0.2, 0) is 11.3 Å². The van der Waals surface area contributed by atoms with Crippen LogP contribution in [0.2, 0.25) is 0 Å². The first-order valence-corrected chi connectivity index (χ1v) is 6.99. The normalized spacial score (nSPS) is 13.0. The minimum absolute atomic E-state index is 0.168. The number of aromatic nitrogens is 2. The lowest BCUT2D eigenvalue weighted by Gasteiger charge is -2.25. The van der Waals surface area contributed by atoms with E-state index >= 15 is 0 Å². The lowest BCUT2D eigenvalue weighted by atomic mass is 9.87. The monoisotopic (exact) mass is 286 g/mol. The Bertz CT molecular complexity index is 599. The van der Waals surface area contributed by atoms with E-state index in [1.807, 2.05) is 62.0 Å². The van der Waals surface area contributed by atoms with Gasteiger partial charge in [-0.15, -0.1) is 0 Å². The second-order valence-electron chi connectivity index (χ2n) is 6.24.